The van der Waals surface area contributed by atoms with Gasteiger partial charge in [-0.05, 0) is 12.5 Å². The minimum Gasteiger partial charge on any atom is -0.306 e. The van der Waals surface area contributed by atoms with Crippen LogP contribution in [0.3, 0.4) is 0 Å². The summed E-state index contributed by atoms with van der Waals surface area (Å²) >= 11 is 0. The van der Waals surface area contributed by atoms with E-state index in [9.17, 15) is 4.79 Å². The summed E-state index contributed by atoms with van der Waals surface area (Å²) in [7, 11) is 0. The molecule has 1 N–H and O–H groups in total. The fourth-order valence-corrected chi connectivity index (χ4v) is 1.98. The number of aryl methyl sites for hydroxylation is 1. The van der Waals surface area contributed by atoms with E-state index in [2.05, 4.69) is 21.9 Å². The standard InChI is InChI=1S/C14H19N3O/c1-2-3-4-5-6-7-12-15-10-11-8-9-13(18)17-14(11)16-12/h8-10H,2-7H2,1H3,(H,15,16,17,18). The molecule has 2 aromatic rings. The van der Waals surface area contributed by atoms with Gasteiger partial charge in [-0.25, -0.2) is 9.97 Å². The van der Waals surface area contributed by atoms with Crippen LogP contribution in [0.5, 0.6) is 0 Å². The third kappa shape index (κ3) is 3.39. The molecule has 0 bridgehead atoms. The highest BCUT2D eigenvalue weighted by Crippen LogP contribution is 2.09. The number of unbranched alkanes of at least 4 members (excludes halogenated alkanes) is 4. The van der Waals surface area contributed by atoms with Crippen molar-refractivity contribution in [2.75, 3.05) is 0 Å². The van der Waals surface area contributed by atoms with E-state index in [0.717, 1.165) is 24.1 Å². The molecular weight excluding hydrogens is 226 g/mol. The van der Waals surface area contributed by atoms with Crippen LogP contribution in [-0.4, -0.2) is 15.0 Å². The quantitative estimate of drug-likeness (QED) is 0.796. The molecule has 0 aliphatic rings. The molecule has 0 amide bonds. The number of nitrogens with one attached hydrogen (secondary N) is 1. The number of H-pyrrole nitrogens is 1. The van der Waals surface area contributed by atoms with Crippen molar-refractivity contribution in [2.24, 2.45) is 0 Å². The van der Waals surface area contributed by atoms with Crippen molar-refractivity contribution in [2.45, 2.75) is 45.4 Å². The van der Waals surface area contributed by atoms with Gasteiger partial charge < -0.3 is 4.98 Å². The zero-order valence-corrected chi connectivity index (χ0v) is 10.8. The van der Waals surface area contributed by atoms with E-state index in [1.165, 1.54) is 31.7 Å². The number of hydrogen-bond donors (Lipinski definition) is 1. The summed E-state index contributed by atoms with van der Waals surface area (Å²) in [5.41, 5.74) is 0.524. The monoisotopic (exact) mass is 245 g/mol. The van der Waals surface area contributed by atoms with Crippen molar-refractivity contribution in [1.82, 2.24) is 15.0 Å². The molecule has 4 nitrogen and oxygen atoms in total. The van der Waals surface area contributed by atoms with Gasteiger partial charge in [-0.15, -0.1) is 0 Å². The molecule has 0 spiro atoms. The summed E-state index contributed by atoms with van der Waals surface area (Å²) < 4.78 is 0. The Bertz CT molecular complexity index is 562. The normalized spacial score (nSPS) is 10.9. The van der Waals surface area contributed by atoms with Gasteiger partial charge in [0.2, 0.25) is 5.56 Å². The largest absolute Gasteiger partial charge is 0.306 e. The van der Waals surface area contributed by atoms with E-state index in [1.54, 1.807) is 12.3 Å². The molecule has 18 heavy (non-hydrogen) atoms. The van der Waals surface area contributed by atoms with E-state index in [1.807, 2.05) is 0 Å². The van der Waals surface area contributed by atoms with Gasteiger partial charge in [0.15, 0.2) is 0 Å². The average Bonchev–Trinajstić information content (AvgIpc) is 2.38. The molecule has 0 aliphatic heterocycles. The number of fused-ring (bicyclic) bond motifs is 1. The van der Waals surface area contributed by atoms with Gasteiger partial charge >= 0.3 is 0 Å². The molecule has 0 saturated carbocycles. The second kappa shape index (κ2) is 6.28. The van der Waals surface area contributed by atoms with Crippen LogP contribution in [0.4, 0.5) is 0 Å². The Morgan fingerprint density at radius 1 is 1.17 bits per heavy atom. The molecule has 0 radical (unpaired) electrons. The van der Waals surface area contributed by atoms with E-state index >= 15 is 0 Å². The molecule has 96 valence electrons. The number of hydrogen-bond acceptors (Lipinski definition) is 3. The number of rotatable bonds is 6. The summed E-state index contributed by atoms with van der Waals surface area (Å²) in [6.07, 6.45) is 8.83. The summed E-state index contributed by atoms with van der Waals surface area (Å²) in [5, 5.41) is 0.879. The minimum absolute atomic E-state index is 0.116. The number of pyridine rings is 1. The molecule has 0 aliphatic carbocycles. The van der Waals surface area contributed by atoms with Crippen LogP contribution < -0.4 is 5.56 Å². The van der Waals surface area contributed by atoms with Gasteiger partial charge in [0.1, 0.15) is 11.5 Å². The zero-order valence-electron chi connectivity index (χ0n) is 10.8. The average molecular weight is 245 g/mol. The third-order valence-corrected chi connectivity index (χ3v) is 3.03. The van der Waals surface area contributed by atoms with Crippen LogP contribution in [0.2, 0.25) is 0 Å². The predicted molar refractivity (Wildman–Crippen MR) is 72.6 cm³/mol. The topological polar surface area (TPSA) is 58.6 Å². The van der Waals surface area contributed by atoms with Crippen LogP contribution in [0.25, 0.3) is 11.0 Å². The van der Waals surface area contributed by atoms with Crippen molar-refractivity contribution < 1.29 is 0 Å². The highest BCUT2D eigenvalue weighted by molar-refractivity contribution is 5.72. The first-order valence-corrected chi connectivity index (χ1v) is 6.64. The highest BCUT2D eigenvalue weighted by Gasteiger charge is 2.00. The molecule has 0 unspecified atom stereocenters. The van der Waals surface area contributed by atoms with Crippen molar-refractivity contribution in [3.63, 3.8) is 0 Å². The van der Waals surface area contributed by atoms with Gasteiger partial charge in [0.05, 0.1) is 0 Å². The Balaban J connectivity index is 1.99. The van der Waals surface area contributed by atoms with Crippen molar-refractivity contribution >= 4 is 11.0 Å². The fraction of sp³-hybridized carbons (Fsp3) is 0.500. The van der Waals surface area contributed by atoms with Gasteiger partial charge in [0.25, 0.3) is 0 Å². The first-order chi connectivity index (χ1) is 8.79. The Morgan fingerprint density at radius 2 is 2.00 bits per heavy atom. The summed E-state index contributed by atoms with van der Waals surface area (Å²) in [4.78, 5) is 22.7. The van der Waals surface area contributed by atoms with Crippen LogP contribution >= 0.6 is 0 Å². The van der Waals surface area contributed by atoms with E-state index in [0.29, 0.717) is 5.65 Å². The molecule has 0 aromatic carbocycles. The van der Waals surface area contributed by atoms with E-state index in [-0.39, 0.29) is 5.56 Å². The number of aromatic nitrogens is 3. The lowest BCUT2D eigenvalue weighted by atomic mass is 10.1. The minimum atomic E-state index is -0.116. The molecule has 0 fully saturated rings. The van der Waals surface area contributed by atoms with Gasteiger partial charge in [-0.3, -0.25) is 4.79 Å². The van der Waals surface area contributed by atoms with Crippen molar-refractivity contribution in [3.05, 3.63) is 34.5 Å². The zero-order chi connectivity index (χ0) is 12.8. The fourth-order valence-electron chi connectivity index (χ4n) is 1.98. The Labute approximate surface area is 106 Å². The Morgan fingerprint density at radius 3 is 2.83 bits per heavy atom. The summed E-state index contributed by atoms with van der Waals surface area (Å²) in [6, 6.07) is 3.25. The molecule has 4 heteroatoms. The summed E-state index contributed by atoms with van der Waals surface area (Å²) in [5.74, 6) is 0.820. The van der Waals surface area contributed by atoms with Crippen molar-refractivity contribution in [3.8, 4) is 0 Å². The molecule has 2 aromatic heterocycles. The molecule has 0 atom stereocenters. The van der Waals surface area contributed by atoms with Crippen molar-refractivity contribution in [1.29, 1.82) is 0 Å². The van der Waals surface area contributed by atoms with Gasteiger partial charge in [-0.1, -0.05) is 32.6 Å². The molecular formula is C14H19N3O. The van der Waals surface area contributed by atoms with Crippen LogP contribution in [0, 0.1) is 0 Å². The highest BCUT2D eigenvalue weighted by atomic mass is 16.1. The molecule has 2 heterocycles. The van der Waals surface area contributed by atoms with Crippen LogP contribution in [-0.2, 0) is 6.42 Å². The molecule has 0 saturated heterocycles. The number of aromatic amines is 1. The first kappa shape index (κ1) is 12.7. The lowest BCUT2D eigenvalue weighted by Crippen LogP contribution is -2.05. The maximum atomic E-state index is 11.2. The van der Waals surface area contributed by atoms with Crippen LogP contribution in [0.15, 0.2) is 23.1 Å². The Kier molecular flexibility index (Phi) is 4.45. The van der Waals surface area contributed by atoms with E-state index in [4.69, 9.17) is 0 Å². The molecule has 2 rings (SSSR count). The van der Waals surface area contributed by atoms with Gasteiger partial charge in [0, 0.05) is 24.1 Å². The van der Waals surface area contributed by atoms with Crippen LogP contribution in [0.1, 0.15) is 44.9 Å². The lowest BCUT2D eigenvalue weighted by molar-refractivity contribution is 0.623. The second-order valence-electron chi connectivity index (χ2n) is 4.58. The summed E-state index contributed by atoms with van der Waals surface area (Å²) in [6.45, 7) is 2.21. The Hall–Kier alpha value is -1.71. The number of nitrogens with zero attached hydrogens (tertiary/aromatic N) is 2. The SMILES string of the molecule is CCCCCCCc1ncc2ccc(=O)[nH]c2n1. The first-order valence-electron chi connectivity index (χ1n) is 6.64. The van der Waals surface area contributed by atoms with E-state index < -0.39 is 0 Å². The smallest absolute Gasteiger partial charge is 0.249 e. The lowest BCUT2D eigenvalue weighted by Gasteiger charge is -2.02. The maximum Gasteiger partial charge on any atom is 0.249 e. The van der Waals surface area contributed by atoms with Gasteiger partial charge in [-0.2, -0.15) is 0 Å². The predicted octanol–water partition coefficient (Wildman–Crippen LogP) is 2.83. The second-order valence-corrected chi connectivity index (χ2v) is 4.58. The third-order valence-electron chi connectivity index (χ3n) is 3.03. The maximum absolute atomic E-state index is 11.2.